The van der Waals surface area contributed by atoms with Crippen LogP contribution in [0.25, 0.3) is 0 Å². The Balaban J connectivity index is 2.16. The molecule has 1 N–H and O–H groups in total. The molecule has 3 rings (SSSR count). The monoisotopic (exact) mass is 329 g/mol. The summed E-state index contributed by atoms with van der Waals surface area (Å²) in [6, 6.07) is 12.0. The van der Waals surface area contributed by atoms with Crippen molar-refractivity contribution in [1.29, 1.82) is 0 Å². The van der Waals surface area contributed by atoms with Crippen molar-refractivity contribution in [2.45, 2.75) is 24.9 Å². The number of hydrogen-bond acceptors (Lipinski definition) is 1. The molecule has 1 nitrogen and oxygen atoms in total. The fourth-order valence-corrected chi connectivity index (χ4v) is 3.14. The Kier molecular flexibility index (Phi) is 4.64. The van der Waals surface area contributed by atoms with E-state index < -0.39 is 11.7 Å². The van der Waals surface area contributed by atoms with Crippen LogP contribution in [0.5, 0.6) is 0 Å². The molecule has 2 aromatic rings. The number of rotatable bonds is 1. The lowest BCUT2D eigenvalue weighted by Gasteiger charge is -2.17. The van der Waals surface area contributed by atoms with Crippen LogP contribution in [-0.2, 0) is 19.0 Å². The van der Waals surface area contributed by atoms with Crippen LogP contribution in [0, 0.1) is 11.8 Å². The van der Waals surface area contributed by atoms with E-state index in [2.05, 4.69) is 17.2 Å². The highest BCUT2D eigenvalue weighted by atomic mass is 19.4. The van der Waals surface area contributed by atoms with E-state index in [0.29, 0.717) is 12.1 Å². The number of halogens is 3. The highest BCUT2D eigenvalue weighted by molar-refractivity contribution is 5.51. The fraction of sp³-hybridized carbons (Fsp3) is 0.300. The molecule has 1 unspecified atom stereocenters. The molecule has 0 amide bonds. The van der Waals surface area contributed by atoms with E-state index in [-0.39, 0.29) is 5.92 Å². The van der Waals surface area contributed by atoms with Gasteiger partial charge in [-0.05, 0) is 54.3 Å². The van der Waals surface area contributed by atoms with E-state index in [9.17, 15) is 13.2 Å². The van der Waals surface area contributed by atoms with Gasteiger partial charge in [0.25, 0.3) is 0 Å². The van der Waals surface area contributed by atoms with Crippen LogP contribution in [0.2, 0.25) is 0 Å². The summed E-state index contributed by atoms with van der Waals surface area (Å²) in [5.74, 6) is 5.88. The Morgan fingerprint density at radius 3 is 2.46 bits per heavy atom. The summed E-state index contributed by atoms with van der Waals surface area (Å²) in [4.78, 5) is 0. The molecule has 1 atom stereocenters. The molecule has 124 valence electrons. The van der Waals surface area contributed by atoms with Gasteiger partial charge in [-0.3, -0.25) is 0 Å². The molecule has 2 aromatic carbocycles. The van der Waals surface area contributed by atoms with Crippen molar-refractivity contribution in [3.8, 4) is 11.8 Å². The topological polar surface area (TPSA) is 12.0 Å². The van der Waals surface area contributed by atoms with Crippen molar-refractivity contribution in [2.75, 3.05) is 13.6 Å². The maximum absolute atomic E-state index is 13.1. The van der Waals surface area contributed by atoms with Crippen molar-refractivity contribution in [1.82, 2.24) is 5.32 Å². The average Bonchev–Trinajstić information content (AvgIpc) is 2.71. The van der Waals surface area contributed by atoms with Gasteiger partial charge in [0.1, 0.15) is 0 Å². The molecule has 0 fully saturated rings. The maximum atomic E-state index is 13.1. The first kappa shape index (κ1) is 16.6. The largest absolute Gasteiger partial charge is 0.416 e. The minimum Gasteiger partial charge on any atom is -0.309 e. The van der Waals surface area contributed by atoms with Crippen LogP contribution in [0.3, 0.4) is 0 Å². The molecule has 4 heteroatoms. The summed E-state index contributed by atoms with van der Waals surface area (Å²) < 4.78 is 39.4. The van der Waals surface area contributed by atoms with Gasteiger partial charge in [0.2, 0.25) is 0 Å². The summed E-state index contributed by atoms with van der Waals surface area (Å²) in [6.45, 7) is 0.507. The minimum atomic E-state index is -4.34. The number of fused-ring (bicyclic) bond motifs is 2. The molecule has 0 aliphatic heterocycles. The third-order valence-corrected chi connectivity index (χ3v) is 4.33. The Morgan fingerprint density at radius 2 is 1.75 bits per heavy atom. The maximum Gasteiger partial charge on any atom is 0.416 e. The molecule has 0 saturated heterocycles. The Morgan fingerprint density at radius 1 is 1.04 bits per heavy atom. The zero-order valence-corrected chi connectivity index (χ0v) is 13.4. The summed E-state index contributed by atoms with van der Waals surface area (Å²) in [6.07, 6.45) is -2.79. The smallest absolute Gasteiger partial charge is 0.309 e. The summed E-state index contributed by atoms with van der Waals surface area (Å²) in [5, 5.41) is 2.95. The van der Waals surface area contributed by atoms with Crippen LogP contribution in [0.4, 0.5) is 13.2 Å². The fourth-order valence-electron chi connectivity index (χ4n) is 3.14. The van der Waals surface area contributed by atoms with Crippen LogP contribution in [-0.4, -0.2) is 13.6 Å². The quantitative estimate of drug-likeness (QED) is 0.775. The lowest BCUT2D eigenvalue weighted by atomic mass is 9.87. The standard InChI is InChI=1S/C20H18F3N/c1-24-12-4-7-18-17-6-3-2-5-14(17)8-9-15-10-11-16(13-19(15)18)20(21,22)23/h2-3,5-6,10-11,13,18,24H,8-9,12H2,1H3. The van der Waals surface area contributed by atoms with E-state index in [1.54, 1.807) is 13.1 Å². The minimum absolute atomic E-state index is 0.325. The van der Waals surface area contributed by atoms with Gasteiger partial charge in [-0.2, -0.15) is 13.2 Å². The van der Waals surface area contributed by atoms with Gasteiger partial charge in [0.05, 0.1) is 18.0 Å². The van der Waals surface area contributed by atoms with Crippen molar-refractivity contribution >= 4 is 0 Å². The summed E-state index contributed by atoms with van der Waals surface area (Å²) in [5.41, 5.74) is 3.19. The Labute approximate surface area is 139 Å². The van der Waals surface area contributed by atoms with Crippen LogP contribution >= 0.6 is 0 Å². The molecular formula is C20H18F3N. The van der Waals surface area contributed by atoms with Crippen molar-refractivity contribution < 1.29 is 13.2 Å². The van der Waals surface area contributed by atoms with Gasteiger partial charge in [0, 0.05) is 0 Å². The first-order chi connectivity index (χ1) is 11.5. The van der Waals surface area contributed by atoms with Gasteiger partial charge >= 0.3 is 6.18 Å². The average molecular weight is 329 g/mol. The predicted molar refractivity (Wildman–Crippen MR) is 88.8 cm³/mol. The van der Waals surface area contributed by atoms with Crippen LogP contribution in [0.1, 0.15) is 33.7 Å². The number of alkyl halides is 3. The van der Waals surface area contributed by atoms with Gasteiger partial charge in [0.15, 0.2) is 0 Å². The molecule has 24 heavy (non-hydrogen) atoms. The number of benzene rings is 2. The lowest BCUT2D eigenvalue weighted by molar-refractivity contribution is -0.137. The number of aryl methyl sites for hydroxylation is 2. The molecule has 0 aromatic heterocycles. The van der Waals surface area contributed by atoms with E-state index in [0.717, 1.165) is 29.5 Å². The second-order valence-electron chi connectivity index (χ2n) is 5.89. The summed E-state index contributed by atoms with van der Waals surface area (Å²) >= 11 is 0. The van der Waals surface area contributed by atoms with E-state index in [1.165, 1.54) is 12.1 Å². The van der Waals surface area contributed by atoms with Gasteiger partial charge in [-0.15, -0.1) is 0 Å². The molecule has 0 heterocycles. The Hall–Kier alpha value is -2.25. The van der Waals surface area contributed by atoms with E-state index >= 15 is 0 Å². The second-order valence-corrected chi connectivity index (χ2v) is 5.89. The molecule has 1 aliphatic carbocycles. The van der Waals surface area contributed by atoms with E-state index in [4.69, 9.17) is 0 Å². The van der Waals surface area contributed by atoms with Gasteiger partial charge in [-0.25, -0.2) is 0 Å². The molecule has 1 aliphatic rings. The van der Waals surface area contributed by atoms with Crippen molar-refractivity contribution in [2.24, 2.45) is 0 Å². The third-order valence-electron chi connectivity index (χ3n) is 4.33. The number of nitrogens with one attached hydrogen (secondary N) is 1. The zero-order chi connectivity index (χ0) is 17.2. The van der Waals surface area contributed by atoms with Crippen molar-refractivity contribution in [3.63, 3.8) is 0 Å². The first-order valence-corrected chi connectivity index (χ1v) is 7.91. The normalized spacial score (nSPS) is 16.4. The SMILES string of the molecule is CNCC#CC1c2ccccc2CCc2ccc(C(F)(F)F)cc21. The molecule has 0 spiro atoms. The molecular weight excluding hydrogens is 311 g/mol. The first-order valence-electron chi connectivity index (χ1n) is 7.91. The van der Waals surface area contributed by atoms with Crippen LogP contribution in [0.15, 0.2) is 42.5 Å². The van der Waals surface area contributed by atoms with Gasteiger partial charge in [-0.1, -0.05) is 42.2 Å². The third kappa shape index (κ3) is 3.32. The van der Waals surface area contributed by atoms with Gasteiger partial charge < -0.3 is 5.32 Å². The van der Waals surface area contributed by atoms with Crippen molar-refractivity contribution in [3.05, 3.63) is 70.3 Å². The van der Waals surface area contributed by atoms with Crippen LogP contribution < -0.4 is 5.32 Å². The number of hydrogen-bond donors (Lipinski definition) is 1. The highest BCUT2D eigenvalue weighted by Crippen LogP contribution is 2.38. The Bertz CT molecular complexity index is 797. The molecule has 0 radical (unpaired) electrons. The molecule has 0 saturated carbocycles. The second kappa shape index (κ2) is 6.70. The van der Waals surface area contributed by atoms with E-state index in [1.807, 2.05) is 24.3 Å². The lowest BCUT2D eigenvalue weighted by Crippen LogP contribution is -2.09. The molecule has 0 bridgehead atoms. The predicted octanol–water partition coefficient (Wildman–Crippen LogP) is 4.16. The highest BCUT2D eigenvalue weighted by Gasteiger charge is 2.32. The zero-order valence-electron chi connectivity index (χ0n) is 13.4. The summed E-state index contributed by atoms with van der Waals surface area (Å²) in [7, 11) is 1.80.